The predicted molar refractivity (Wildman–Crippen MR) is 90.9 cm³/mol. The fraction of sp³-hybridized carbons (Fsp3) is 0.556. The lowest BCUT2D eigenvalue weighted by molar-refractivity contribution is -0.177. The molecule has 4 fully saturated rings. The van der Waals surface area contributed by atoms with Crippen molar-refractivity contribution in [1.82, 2.24) is 5.32 Å². The normalized spacial score (nSPS) is 36.6. The second-order valence-electron chi connectivity index (χ2n) is 7.34. The lowest BCUT2D eigenvalue weighted by atomic mass is 9.33. The van der Waals surface area contributed by atoms with Gasteiger partial charge in [-0.25, -0.2) is 4.99 Å². The standard InChI is InChI=1S/C18H20N2O2S/c1-22-15-4-2-12(3-5-15)17-8-18(9-17,10-17)16(21)20-14-6-13(7-14)19-11-23/h2-5,13-14H,6-10H2,1H3,(H,20,21)/t13-,14+,17?,18?. The first kappa shape index (κ1) is 14.9. The number of amides is 1. The molecule has 1 aromatic carbocycles. The molecule has 4 aliphatic rings. The van der Waals surface area contributed by atoms with Gasteiger partial charge in [-0.15, -0.1) is 0 Å². The maximum Gasteiger partial charge on any atom is 0.226 e. The smallest absolute Gasteiger partial charge is 0.226 e. The third-order valence-electron chi connectivity index (χ3n) is 5.90. The van der Waals surface area contributed by atoms with Gasteiger partial charge in [-0.1, -0.05) is 12.1 Å². The Kier molecular flexibility index (Phi) is 3.33. The zero-order valence-electron chi connectivity index (χ0n) is 13.2. The predicted octanol–water partition coefficient (Wildman–Crippen LogP) is 2.87. The lowest BCUT2D eigenvalue weighted by Gasteiger charge is -2.70. The first-order chi connectivity index (χ1) is 11.1. The number of isothiocyanates is 1. The number of nitrogens with one attached hydrogen (secondary N) is 1. The molecular weight excluding hydrogens is 308 g/mol. The molecule has 0 radical (unpaired) electrons. The zero-order valence-corrected chi connectivity index (χ0v) is 14.0. The van der Waals surface area contributed by atoms with Crippen LogP contribution in [0.2, 0.25) is 0 Å². The molecule has 0 heterocycles. The highest BCUT2D eigenvalue weighted by molar-refractivity contribution is 7.78. The molecule has 23 heavy (non-hydrogen) atoms. The molecule has 5 rings (SSSR count). The number of hydrogen-bond acceptors (Lipinski definition) is 4. The number of ether oxygens (including phenoxy) is 1. The van der Waals surface area contributed by atoms with Gasteiger partial charge in [0.05, 0.1) is 23.7 Å². The molecule has 5 heteroatoms. The molecule has 1 aromatic rings. The molecule has 4 saturated carbocycles. The number of thiocarbonyl (C=S) groups is 1. The minimum absolute atomic E-state index is 0.113. The molecule has 4 nitrogen and oxygen atoms in total. The summed E-state index contributed by atoms with van der Waals surface area (Å²) in [5, 5.41) is 5.61. The van der Waals surface area contributed by atoms with Crippen LogP contribution < -0.4 is 10.1 Å². The van der Waals surface area contributed by atoms with E-state index in [4.69, 9.17) is 4.74 Å². The Morgan fingerprint density at radius 1 is 1.30 bits per heavy atom. The lowest BCUT2D eigenvalue weighted by Crippen LogP contribution is -2.71. The maximum absolute atomic E-state index is 12.5. The van der Waals surface area contributed by atoms with Gasteiger partial charge in [0.2, 0.25) is 5.91 Å². The van der Waals surface area contributed by atoms with Crippen molar-refractivity contribution in [1.29, 1.82) is 0 Å². The van der Waals surface area contributed by atoms with E-state index in [1.807, 2.05) is 12.1 Å². The molecule has 1 amide bonds. The Morgan fingerprint density at radius 2 is 1.96 bits per heavy atom. The van der Waals surface area contributed by atoms with E-state index in [0.29, 0.717) is 0 Å². The second kappa shape index (κ2) is 5.15. The third-order valence-corrected chi connectivity index (χ3v) is 6.00. The quantitative estimate of drug-likeness (QED) is 0.668. The van der Waals surface area contributed by atoms with Gasteiger partial charge in [0.1, 0.15) is 5.75 Å². The number of nitrogens with zero attached hydrogens (tertiary/aromatic N) is 1. The van der Waals surface area contributed by atoms with Crippen LogP contribution in [0.25, 0.3) is 0 Å². The topological polar surface area (TPSA) is 50.7 Å². The fourth-order valence-electron chi connectivity index (χ4n) is 4.50. The van der Waals surface area contributed by atoms with Crippen LogP contribution in [0.3, 0.4) is 0 Å². The Morgan fingerprint density at radius 3 is 2.52 bits per heavy atom. The number of aliphatic imine (C=N–C) groups is 1. The largest absolute Gasteiger partial charge is 0.497 e. The number of benzene rings is 1. The van der Waals surface area contributed by atoms with Gasteiger partial charge in [-0.3, -0.25) is 4.79 Å². The van der Waals surface area contributed by atoms with E-state index in [1.165, 1.54) is 5.56 Å². The number of carbonyl (C=O) groups is 1. The monoisotopic (exact) mass is 328 g/mol. The van der Waals surface area contributed by atoms with Crippen LogP contribution in [0, 0.1) is 5.41 Å². The maximum atomic E-state index is 12.5. The van der Waals surface area contributed by atoms with Crippen molar-refractivity contribution >= 4 is 23.3 Å². The van der Waals surface area contributed by atoms with Crippen LogP contribution in [0.5, 0.6) is 5.75 Å². The zero-order chi connectivity index (χ0) is 16.1. The average molecular weight is 328 g/mol. The van der Waals surface area contributed by atoms with Crippen molar-refractivity contribution in [3.05, 3.63) is 29.8 Å². The summed E-state index contributed by atoms with van der Waals surface area (Å²) in [6.07, 6.45) is 4.73. The van der Waals surface area contributed by atoms with Crippen molar-refractivity contribution < 1.29 is 9.53 Å². The summed E-state index contributed by atoms with van der Waals surface area (Å²) in [7, 11) is 1.68. The van der Waals surface area contributed by atoms with Crippen molar-refractivity contribution in [2.75, 3.05) is 7.11 Å². The van der Waals surface area contributed by atoms with Gasteiger partial charge in [-0.05, 0) is 67.4 Å². The highest BCUT2D eigenvalue weighted by Gasteiger charge is 2.71. The number of methoxy groups -OCH3 is 1. The van der Waals surface area contributed by atoms with E-state index in [2.05, 4.69) is 39.8 Å². The molecular formula is C18H20N2O2S. The Bertz CT molecular complexity index is 668. The molecule has 0 saturated heterocycles. The summed E-state index contributed by atoms with van der Waals surface area (Å²) in [6, 6.07) is 8.82. The summed E-state index contributed by atoms with van der Waals surface area (Å²) in [5.41, 5.74) is 1.46. The van der Waals surface area contributed by atoms with E-state index in [0.717, 1.165) is 37.9 Å². The van der Waals surface area contributed by atoms with Gasteiger partial charge in [0.25, 0.3) is 0 Å². The fourth-order valence-corrected chi connectivity index (χ4v) is 4.65. The third kappa shape index (κ3) is 2.22. The average Bonchev–Trinajstić information content (AvgIpc) is 2.43. The highest BCUT2D eigenvalue weighted by atomic mass is 32.1. The summed E-state index contributed by atoms with van der Waals surface area (Å²) < 4.78 is 5.21. The SMILES string of the molecule is COc1ccc(C23CC(C(=O)N[C@H]4C[C@@H](N=C=S)C4)(C2)C3)cc1. The van der Waals surface area contributed by atoms with E-state index in [1.54, 1.807) is 7.11 Å². The van der Waals surface area contributed by atoms with E-state index < -0.39 is 0 Å². The van der Waals surface area contributed by atoms with Crippen LogP contribution in [-0.4, -0.2) is 30.3 Å². The van der Waals surface area contributed by atoms with Gasteiger partial charge in [-0.2, -0.15) is 0 Å². The molecule has 2 bridgehead atoms. The van der Waals surface area contributed by atoms with Crippen LogP contribution in [-0.2, 0) is 10.2 Å². The van der Waals surface area contributed by atoms with Crippen LogP contribution in [0.15, 0.2) is 29.3 Å². The van der Waals surface area contributed by atoms with Crippen LogP contribution >= 0.6 is 12.2 Å². The molecule has 0 aromatic heterocycles. The van der Waals surface area contributed by atoms with E-state index >= 15 is 0 Å². The number of rotatable bonds is 5. The summed E-state index contributed by atoms with van der Waals surface area (Å²) in [5.74, 6) is 1.12. The molecule has 0 unspecified atom stereocenters. The molecule has 1 N–H and O–H groups in total. The Balaban J connectivity index is 1.32. The van der Waals surface area contributed by atoms with Crippen molar-refractivity contribution in [3.63, 3.8) is 0 Å². The van der Waals surface area contributed by atoms with E-state index in [-0.39, 0.29) is 28.8 Å². The van der Waals surface area contributed by atoms with Gasteiger partial charge < -0.3 is 10.1 Å². The highest BCUT2D eigenvalue weighted by Crippen LogP contribution is 2.73. The first-order valence-corrected chi connectivity index (χ1v) is 8.53. The minimum Gasteiger partial charge on any atom is -0.497 e. The van der Waals surface area contributed by atoms with Crippen molar-refractivity contribution in [3.8, 4) is 5.75 Å². The molecule has 4 aliphatic carbocycles. The van der Waals surface area contributed by atoms with Crippen molar-refractivity contribution in [2.24, 2.45) is 10.4 Å². The second-order valence-corrected chi connectivity index (χ2v) is 7.52. The van der Waals surface area contributed by atoms with Crippen LogP contribution in [0.4, 0.5) is 0 Å². The molecule has 0 atom stereocenters. The van der Waals surface area contributed by atoms with Gasteiger partial charge in [0.15, 0.2) is 0 Å². The Labute approximate surface area is 141 Å². The number of hydrogen-bond donors (Lipinski definition) is 1. The summed E-state index contributed by atoms with van der Waals surface area (Å²) in [6.45, 7) is 0. The van der Waals surface area contributed by atoms with Crippen LogP contribution in [0.1, 0.15) is 37.7 Å². The molecule has 0 aliphatic heterocycles. The summed E-state index contributed by atoms with van der Waals surface area (Å²) in [4.78, 5) is 16.6. The van der Waals surface area contributed by atoms with E-state index in [9.17, 15) is 4.79 Å². The first-order valence-electron chi connectivity index (χ1n) is 8.12. The number of carbonyl (C=O) groups excluding carboxylic acids is 1. The minimum atomic E-state index is -0.113. The van der Waals surface area contributed by atoms with Crippen molar-refractivity contribution in [2.45, 2.75) is 49.6 Å². The van der Waals surface area contributed by atoms with Gasteiger partial charge in [0, 0.05) is 6.04 Å². The Hall–Kier alpha value is -1.71. The molecule has 0 spiro atoms. The summed E-state index contributed by atoms with van der Waals surface area (Å²) >= 11 is 4.61. The van der Waals surface area contributed by atoms with Gasteiger partial charge >= 0.3 is 0 Å². The molecule has 120 valence electrons.